The molecule has 0 aromatic rings. The van der Waals surface area contributed by atoms with E-state index in [1.807, 2.05) is 0 Å². The predicted octanol–water partition coefficient (Wildman–Crippen LogP) is 8.58. The topological polar surface area (TPSA) is 0 Å². The van der Waals surface area contributed by atoms with Gasteiger partial charge in [0.1, 0.15) is 24.7 Å². The van der Waals surface area contributed by atoms with Crippen molar-refractivity contribution in [1.29, 1.82) is 0 Å². The summed E-state index contributed by atoms with van der Waals surface area (Å²) in [6, 6.07) is 0. The predicted molar refractivity (Wildman–Crippen MR) is 119 cm³/mol. The van der Waals surface area contributed by atoms with Crippen LogP contribution in [0.25, 0.3) is 0 Å². The Morgan fingerprint density at radius 2 is 0.935 bits per heavy atom. The summed E-state index contributed by atoms with van der Waals surface area (Å²) in [7, 11) is 0. The summed E-state index contributed by atoms with van der Waals surface area (Å²) in [5.41, 5.74) is 0. The van der Waals surface area contributed by atoms with Crippen LogP contribution in [-0.2, 0) is 0 Å². The van der Waals surface area contributed by atoms with E-state index in [1.165, 1.54) is 51.4 Å². The summed E-state index contributed by atoms with van der Waals surface area (Å²) in [4.78, 5) is 0. The van der Waals surface area contributed by atoms with Gasteiger partial charge in [0, 0.05) is 5.92 Å². The molecule has 0 nitrogen and oxygen atoms in total. The van der Waals surface area contributed by atoms with Crippen molar-refractivity contribution < 1.29 is 17.6 Å². The Morgan fingerprint density at radius 1 is 0.484 bits per heavy atom. The molecule has 4 aliphatic carbocycles. The molecule has 0 saturated heterocycles. The van der Waals surface area contributed by atoms with Crippen molar-refractivity contribution in [2.24, 2.45) is 41.4 Å². The molecule has 0 spiro atoms. The second-order valence-electron chi connectivity index (χ2n) is 11.7. The van der Waals surface area contributed by atoms with Crippen LogP contribution in [0.1, 0.15) is 103 Å². The first-order chi connectivity index (χ1) is 15.0. The van der Waals surface area contributed by atoms with Crippen molar-refractivity contribution in [2.45, 2.75) is 128 Å². The molecule has 0 heterocycles. The van der Waals surface area contributed by atoms with Gasteiger partial charge in [-0.15, -0.1) is 0 Å². The highest BCUT2D eigenvalue weighted by molar-refractivity contribution is 4.96. The van der Waals surface area contributed by atoms with Gasteiger partial charge in [0.05, 0.1) is 0 Å². The zero-order chi connectivity index (χ0) is 22.0. The van der Waals surface area contributed by atoms with Gasteiger partial charge < -0.3 is 0 Å². The van der Waals surface area contributed by atoms with Crippen LogP contribution in [0.4, 0.5) is 17.6 Å². The van der Waals surface area contributed by atoms with Crippen LogP contribution in [0.15, 0.2) is 0 Å². The fourth-order valence-electron chi connectivity index (χ4n) is 8.09. The fraction of sp³-hybridized carbons (Fsp3) is 1.00. The lowest BCUT2D eigenvalue weighted by molar-refractivity contribution is -0.0398. The summed E-state index contributed by atoms with van der Waals surface area (Å²) in [5.74, 6) is 2.22. The van der Waals surface area contributed by atoms with E-state index in [1.54, 1.807) is 0 Å². The Morgan fingerprint density at radius 3 is 1.45 bits per heavy atom. The van der Waals surface area contributed by atoms with Crippen LogP contribution in [0.5, 0.6) is 0 Å². The quantitative estimate of drug-likeness (QED) is 0.372. The first-order valence-corrected chi connectivity index (χ1v) is 13.5. The second kappa shape index (κ2) is 10.8. The molecule has 31 heavy (non-hydrogen) atoms. The van der Waals surface area contributed by atoms with Crippen LogP contribution < -0.4 is 0 Å². The molecular formula is C27H44F4. The molecule has 0 aliphatic heterocycles. The third-order valence-electron chi connectivity index (χ3n) is 9.91. The van der Waals surface area contributed by atoms with E-state index >= 15 is 8.78 Å². The molecule has 4 rings (SSSR count). The molecular weight excluding hydrogens is 400 g/mol. The highest BCUT2D eigenvalue weighted by Crippen LogP contribution is 2.49. The van der Waals surface area contributed by atoms with Gasteiger partial charge in [0.2, 0.25) is 0 Å². The highest BCUT2D eigenvalue weighted by atomic mass is 19.2. The molecule has 0 aromatic heterocycles. The number of hydrogen-bond acceptors (Lipinski definition) is 0. The lowest BCUT2D eigenvalue weighted by atomic mass is 9.62. The van der Waals surface area contributed by atoms with Crippen molar-refractivity contribution in [3.63, 3.8) is 0 Å². The van der Waals surface area contributed by atoms with E-state index in [-0.39, 0.29) is 24.7 Å². The Hall–Kier alpha value is -0.280. The number of alkyl halides is 4. The van der Waals surface area contributed by atoms with Crippen LogP contribution in [0, 0.1) is 41.4 Å². The lowest BCUT2D eigenvalue weighted by Gasteiger charge is -2.45. The van der Waals surface area contributed by atoms with Gasteiger partial charge in [-0.05, 0) is 106 Å². The molecule has 5 atom stereocenters. The Labute approximate surface area is 187 Å². The Balaban J connectivity index is 1.24. The largest absolute Gasteiger partial charge is 0.247 e. The third kappa shape index (κ3) is 5.62. The van der Waals surface area contributed by atoms with Gasteiger partial charge in [-0.3, -0.25) is 0 Å². The Kier molecular flexibility index (Phi) is 8.29. The van der Waals surface area contributed by atoms with Crippen molar-refractivity contribution in [2.75, 3.05) is 0 Å². The molecule has 4 heteroatoms. The smallest absolute Gasteiger partial charge is 0.131 e. The van der Waals surface area contributed by atoms with Gasteiger partial charge in [0.25, 0.3) is 0 Å². The number of rotatable bonds is 5. The van der Waals surface area contributed by atoms with E-state index in [0.29, 0.717) is 25.2 Å². The minimum Gasteiger partial charge on any atom is -0.247 e. The average Bonchev–Trinajstić information content (AvgIpc) is 2.76. The van der Waals surface area contributed by atoms with E-state index < -0.39 is 30.6 Å². The number of halogens is 4. The lowest BCUT2D eigenvalue weighted by Crippen LogP contribution is -2.45. The molecule has 4 saturated carbocycles. The van der Waals surface area contributed by atoms with E-state index in [0.717, 1.165) is 30.6 Å². The van der Waals surface area contributed by atoms with Crippen molar-refractivity contribution in [3.8, 4) is 0 Å². The number of hydrogen-bond donors (Lipinski definition) is 0. The third-order valence-corrected chi connectivity index (χ3v) is 9.91. The zero-order valence-electron chi connectivity index (χ0n) is 19.5. The first-order valence-electron chi connectivity index (χ1n) is 13.5. The maximum Gasteiger partial charge on any atom is 0.131 e. The molecule has 0 aromatic carbocycles. The molecule has 0 radical (unpaired) electrons. The van der Waals surface area contributed by atoms with E-state index in [9.17, 15) is 8.78 Å². The van der Waals surface area contributed by atoms with Gasteiger partial charge in [-0.1, -0.05) is 32.6 Å². The van der Waals surface area contributed by atoms with Gasteiger partial charge in [-0.25, -0.2) is 17.6 Å². The van der Waals surface area contributed by atoms with Crippen LogP contribution in [0.3, 0.4) is 0 Å². The second-order valence-corrected chi connectivity index (χ2v) is 11.7. The molecule has 4 fully saturated rings. The molecule has 180 valence electrons. The fourth-order valence-corrected chi connectivity index (χ4v) is 8.09. The van der Waals surface area contributed by atoms with E-state index in [2.05, 4.69) is 6.92 Å². The standard InChI is InChI=1S/C27H44F4/c1-2-3-17-4-6-18(7-5-17)19-8-10-20(11-9-19)22-15-25(30)27(26(31)16-22)21-12-13-23(28)24(29)14-21/h17-27H,2-16H2,1H3. The zero-order valence-corrected chi connectivity index (χ0v) is 19.5. The summed E-state index contributed by atoms with van der Waals surface area (Å²) < 4.78 is 57.6. The summed E-state index contributed by atoms with van der Waals surface area (Å²) in [6.07, 6.45) is 9.11. The van der Waals surface area contributed by atoms with Crippen LogP contribution in [-0.4, -0.2) is 24.7 Å². The molecule has 0 N–H and O–H groups in total. The van der Waals surface area contributed by atoms with E-state index in [4.69, 9.17) is 0 Å². The summed E-state index contributed by atoms with van der Waals surface area (Å²) >= 11 is 0. The van der Waals surface area contributed by atoms with Gasteiger partial charge >= 0.3 is 0 Å². The maximum absolute atomic E-state index is 15.1. The first kappa shape index (κ1) is 23.9. The van der Waals surface area contributed by atoms with Gasteiger partial charge in [-0.2, -0.15) is 0 Å². The minimum absolute atomic E-state index is 0.00293. The summed E-state index contributed by atoms with van der Waals surface area (Å²) in [6.45, 7) is 2.29. The maximum atomic E-state index is 15.1. The monoisotopic (exact) mass is 444 g/mol. The highest BCUT2D eigenvalue weighted by Gasteiger charge is 2.47. The van der Waals surface area contributed by atoms with Crippen LogP contribution in [0.2, 0.25) is 0 Å². The van der Waals surface area contributed by atoms with Gasteiger partial charge in [0.15, 0.2) is 0 Å². The minimum atomic E-state index is -1.54. The van der Waals surface area contributed by atoms with Crippen molar-refractivity contribution >= 4 is 0 Å². The average molecular weight is 445 g/mol. The summed E-state index contributed by atoms with van der Waals surface area (Å²) in [5, 5.41) is 0. The normalized spacial score (nSPS) is 49.6. The van der Waals surface area contributed by atoms with Crippen molar-refractivity contribution in [1.82, 2.24) is 0 Å². The molecule has 0 bridgehead atoms. The molecule has 5 unspecified atom stereocenters. The van der Waals surface area contributed by atoms with Crippen molar-refractivity contribution in [3.05, 3.63) is 0 Å². The molecule has 0 amide bonds. The Bertz CT molecular complexity index is 525. The van der Waals surface area contributed by atoms with Crippen LogP contribution >= 0.6 is 0 Å². The SMILES string of the molecule is CCCC1CCC(C2CCC(C3CC(F)C(C4CCC(F)C(F)C4)C(F)C3)CC2)CC1. The molecule has 4 aliphatic rings.